The summed E-state index contributed by atoms with van der Waals surface area (Å²) in [7, 11) is 2.13. The Morgan fingerprint density at radius 3 is 2.84 bits per heavy atom. The van der Waals surface area contributed by atoms with Crippen LogP contribution in [-0.4, -0.2) is 42.2 Å². The number of carboxylic acids is 1. The highest BCUT2D eigenvalue weighted by atomic mass is 16.5. The maximum Gasteiger partial charge on any atom is 0.335 e. The molecule has 1 aromatic rings. The smallest absolute Gasteiger partial charge is 0.335 e. The molecule has 2 rings (SSSR count). The number of carboxylic acid groups (broad SMARTS) is 1. The first-order valence-electron chi connectivity index (χ1n) is 6.83. The Bertz CT molecular complexity index is 427. The van der Waals surface area contributed by atoms with E-state index in [4.69, 9.17) is 9.84 Å². The Morgan fingerprint density at radius 2 is 2.16 bits per heavy atom. The van der Waals surface area contributed by atoms with Crippen molar-refractivity contribution in [1.82, 2.24) is 4.90 Å². The molecule has 0 atom stereocenters. The van der Waals surface area contributed by atoms with Gasteiger partial charge in [-0.25, -0.2) is 4.79 Å². The van der Waals surface area contributed by atoms with Crippen LogP contribution in [0.2, 0.25) is 0 Å². The molecule has 0 radical (unpaired) electrons. The Kier molecular flexibility index (Phi) is 4.80. The summed E-state index contributed by atoms with van der Waals surface area (Å²) >= 11 is 0. The highest BCUT2D eigenvalue weighted by Crippen LogP contribution is 2.22. The first kappa shape index (κ1) is 13.9. The summed E-state index contributed by atoms with van der Waals surface area (Å²) in [6, 6.07) is 7.33. The molecule has 0 spiro atoms. The van der Waals surface area contributed by atoms with E-state index in [0.717, 1.165) is 6.54 Å². The van der Waals surface area contributed by atoms with Gasteiger partial charge in [0.25, 0.3) is 0 Å². The molecule has 0 aliphatic heterocycles. The van der Waals surface area contributed by atoms with Gasteiger partial charge in [0.05, 0.1) is 5.56 Å². The highest BCUT2D eigenvalue weighted by molar-refractivity contribution is 5.87. The van der Waals surface area contributed by atoms with Gasteiger partial charge in [0.2, 0.25) is 0 Å². The zero-order valence-electron chi connectivity index (χ0n) is 11.3. The van der Waals surface area contributed by atoms with Crippen LogP contribution < -0.4 is 4.74 Å². The minimum Gasteiger partial charge on any atom is -0.492 e. The van der Waals surface area contributed by atoms with Gasteiger partial charge in [-0.05, 0) is 38.1 Å². The van der Waals surface area contributed by atoms with Crippen LogP contribution in [0, 0.1) is 0 Å². The average molecular weight is 263 g/mol. The molecule has 0 aromatic heterocycles. The zero-order valence-corrected chi connectivity index (χ0v) is 11.3. The second-order valence-corrected chi connectivity index (χ2v) is 5.10. The summed E-state index contributed by atoms with van der Waals surface area (Å²) in [5, 5.41) is 8.90. The maximum atomic E-state index is 10.8. The number of rotatable bonds is 6. The fraction of sp³-hybridized carbons (Fsp3) is 0.533. The third-order valence-electron chi connectivity index (χ3n) is 3.74. The zero-order chi connectivity index (χ0) is 13.7. The molecule has 19 heavy (non-hydrogen) atoms. The van der Waals surface area contributed by atoms with Crippen LogP contribution in [-0.2, 0) is 0 Å². The van der Waals surface area contributed by atoms with Crippen molar-refractivity contribution >= 4 is 5.97 Å². The van der Waals surface area contributed by atoms with Gasteiger partial charge in [-0.15, -0.1) is 0 Å². The summed E-state index contributed by atoms with van der Waals surface area (Å²) < 4.78 is 5.62. The van der Waals surface area contributed by atoms with Gasteiger partial charge in [0.15, 0.2) is 0 Å². The van der Waals surface area contributed by atoms with Gasteiger partial charge in [-0.3, -0.25) is 0 Å². The van der Waals surface area contributed by atoms with Crippen molar-refractivity contribution in [2.24, 2.45) is 0 Å². The van der Waals surface area contributed by atoms with Crippen LogP contribution in [0.25, 0.3) is 0 Å². The predicted octanol–water partition coefficient (Wildman–Crippen LogP) is 2.64. The molecule has 4 heteroatoms. The molecule has 0 amide bonds. The SMILES string of the molecule is CN(CCOc1cccc(C(=O)O)c1)C1CCCC1. The van der Waals surface area contributed by atoms with Crippen molar-refractivity contribution in [1.29, 1.82) is 0 Å². The number of ether oxygens (including phenoxy) is 1. The van der Waals surface area contributed by atoms with E-state index in [-0.39, 0.29) is 5.56 Å². The summed E-state index contributed by atoms with van der Waals surface area (Å²) in [5.74, 6) is -0.298. The summed E-state index contributed by atoms with van der Waals surface area (Å²) in [4.78, 5) is 13.2. The van der Waals surface area contributed by atoms with Crippen LogP contribution in [0.3, 0.4) is 0 Å². The Labute approximate surface area is 114 Å². The number of aromatic carboxylic acids is 1. The highest BCUT2D eigenvalue weighted by Gasteiger charge is 2.18. The summed E-state index contributed by atoms with van der Waals surface area (Å²) in [6.07, 6.45) is 5.23. The van der Waals surface area contributed by atoms with Crippen molar-refractivity contribution < 1.29 is 14.6 Å². The lowest BCUT2D eigenvalue weighted by molar-refractivity contribution is 0.0696. The molecule has 1 saturated carbocycles. The largest absolute Gasteiger partial charge is 0.492 e. The van der Waals surface area contributed by atoms with Crippen molar-refractivity contribution in [3.63, 3.8) is 0 Å². The monoisotopic (exact) mass is 263 g/mol. The molecule has 0 unspecified atom stereocenters. The molecule has 1 fully saturated rings. The van der Waals surface area contributed by atoms with Crippen molar-refractivity contribution in [3.8, 4) is 5.75 Å². The van der Waals surface area contributed by atoms with Crippen LogP contribution in [0.5, 0.6) is 5.75 Å². The topological polar surface area (TPSA) is 49.8 Å². The van der Waals surface area contributed by atoms with Gasteiger partial charge in [-0.1, -0.05) is 18.9 Å². The fourth-order valence-corrected chi connectivity index (χ4v) is 2.55. The van der Waals surface area contributed by atoms with Gasteiger partial charge in [0.1, 0.15) is 12.4 Å². The van der Waals surface area contributed by atoms with Crippen molar-refractivity contribution in [3.05, 3.63) is 29.8 Å². The van der Waals surface area contributed by atoms with Gasteiger partial charge >= 0.3 is 5.97 Å². The second kappa shape index (κ2) is 6.57. The molecule has 1 aliphatic carbocycles. The normalized spacial score (nSPS) is 15.9. The molecule has 0 saturated heterocycles. The third kappa shape index (κ3) is 3.96. The van der Waals surface area contributed by atoms with Gasteiger partial charge in [0, 0.05) is 12.6 Å². The van der Waals surface area contributed by atoms with Gasteiger partial charge in [-0.2, -0.15) is 0 Å². The van der Waals surface area contributed by atoms with E-state index < -0.39 is 5.97 Å². The minimum atomic E-state index is -0.923. The van der Waals surface area contributed by atoms with E-state index in [1.54, 1.807) is 24.3 Å². The second-order valence-electron chi connectivity index (χ2n) is 5.10. The lowest BCUT2D eigenvalue weighted by atomic mass is 10.2. The van der Waals surface area contributed by atoms with E-state index in [1.807, 2.05) is 0 Å². The number of hydrogen-bond donors (Lipinski definition) is 1. The van der Waals surface area contributed by atoms with Crippen molar-refractivity contribution in [2.75, 3.05) is 20.2 Å². The molecule has 104 valence electrons. The quantitative estimate of drug-likeness (QED) is 0.857. The number of hydrogen-bond acceptors (Lipinski definition) is 3. The number of nitrogens with zero attached hydrogens (tertiary/aromatic N) is 1. The summed E-state index contributed by atoms with van der Waals surface area (Å²) in [5.41, 5.74) is 0.265. The summed E-state index contributed by atoms with van der Waals surface area (Å²) in [6.45, 7) is 1.47. The molecular formula is C15H21NO3. The van der Waals surface area contributed by atoms with E-state index in [2.05, 4.69) is 11.9 Å². The first-order valence-corrected chi connectivity index (χ1v) is 6.83. The van der Waals surface area contributed by atoms with Gasteiger partial charge < -0.3 is 14.7 Å². The molecule has 0 bridgehead atoms. The fourth-order valence-electron chi connectivity index (χ4n) is 2.55. The number of likely N-dealkylation sites (N-methyl/N-ethyl adjacent to an activating group) is 1. The van der Waals surface area contributed by atoms with E-state index >= 15 is 0 Å². The van der Waals surface area contributed by atoms with E-state index in [0.29, 0.717) is 18.4 Å². The lowest BCUT2D eigenvalue weighted by Crippen LogP contribution is -2.32. The third-order valence-corrected chi connectivity index (χ3v) is 3.74. The first-order chi connectivity index (χ1) is 9.16. The molecular weight excluding hydrogens is 242 g/mol. The lowest BCUT2D eigenvalue weighted by Gasteiger charge is -2.23. The van der Waals surface area contributed by atoms with Crippen LogP contribution >= 0.6 is 0 Å². The minimum absolute atomic E-state index is 0.265. The maximum absolute atomic E-state index is 10.8. The predicted molar refractivity (Wildman–Crippen MR) is 73.8 cm³/mol. The Hall–Kier alpha value is -1.55. The van der Waals surface area contributed by atoms with E-state index in [9.17, 15) is 4.79 Å². The Balaban J connectivity index is 1.78. The van der Waals surface area contributed by atoms with E-state index in [1.165, 1.54) is 25.7 Å². The van der Waals surface area contributed by atoms with Crippen LogP contribution in [0.1, 0.15) is 36.0 Å². The number of benzene rings is 1. The molecule has 1 aromatic carbocycles. The average Bonchev–Trinajstić information content (AvgIpc) is 2.93. The molecule has 1 aliphatic rings. The van der Waals surface area contributed by atoms with Crippen LogP contribution in [0.4, 0.5) is 0 Å². The molecule has 4 nitrogen and oxygen atoms in total. The Morgan fingerprint density at radius 1 is 1.42 bits per heavy atom. The number of carbonyl (C=O) groups is 1. The standard InChI is InChI=1S/C15H21NO3/c1-16(13-6-2-3-7-13)9-10-19-14-8-4-5-12(11-14)15(17)18/h4-5,8,11,13H,2-3,6-7,9-10H2,1H3,(H,17,18). The molecule has 0 heterocycles. The van der Waals surface area contributed by atoms with Crippen molar-refractivity contribution in [2.45, 2.75) is 31.7 Å². The van der Waals surface area contributed by atoms with Crippen LogP contribution in [0.15, 0.2) is 24.3 Å². The molecule has 1 N–H and O–H groups in total.